The third-order valence-electron chi connectivity index (χ3n) is 2.79. The van der Waals surface area contributed by atoms with Crippen LogP contribution < -0.4 is 4.72 Å². The number of sulfonamides is 1. The molecule has 0 bridgehead atoms. The van der Waals surface area contributed by atoms with Crippen molar-refractivity contribution < 1.29 is 17.9 Å². The SMILES string of the molecule is COC(=O)c1ccc(S(=O)(=O)NCCc2ncc[nH]2)cc1. The van der Waals surface area contributed by atoms with Crippen LogP contribution >= 0.6 is 0 Å². The summed E-state index contributed by atoms with van der Waals surface area (Å²) in [6.45, 7) is 0.231. The molecule has 0 radical (unpaired) electrons. The largest absolute Gasteiger partial charge is 0.465 e. The van der Waals surface area contributed by atoms with Crippen molar-refractivity contribution in [2.24, 2.45) is 0 Å². The van der Waals surface area contributed by atoms with Crippen LogP contribution in [0.4, 0.5) is 0 Å². The quantitative estimate of drug-likeness (QED) is 0.766. The second-order valence-electron chi connectivity index (χ2n) is 4.20. The summed E-state index contributed by atoms with van der Waals surface area (Å²) in [5.41, 5.74) is 0.298. The molecule has 2 rings (SSSR count). The molecule has 0 aliphatic rings. The Kier molecular flexibility index (Phi) is 4.71. The van der Waals surface area contributed by atoms with Crippen LogP contribution in [0.25, 0.3) is 0 Å². The van der Waals surface area contributed by atoms with E-state index >= 15 is 0 Å². The number of benzene rings is 1. The van der Waals surface area contributed by atoms with Crippen molar-refractivity contribution >= 4 is 16.0 Å². The maximum atomic E-state index is 12.1. The number of nitrogens with zero attached hydrogens (tertiary/aromatic N) is 1. The maximum Gasteiger partial charge on any atom is 0.337 e. The zero-order chi connectivity index (χ0) is 15.3. The van der Waals surface area contributed by atoms with Gasteiger partial charge in [-0.3, -0.25) is 0 Å². The first-order valence-corrected chi connectivity index (χ1v) is 7.67. The van der Waals surface area contributed by atoms with Crippen molar-refractivity contribution in [3.05, 3.63) is 48.0 Å². The third-order valence-corrected chi connectivity index (χ3v) is 4.27. The fraction of sp³-hybridized carbons (Fsp3) is 0.231. The number of hydrogen-bond acceptors (Lipinski definition) is 5. The fourth-order valence-electron chi connectivity index (χ4n) is 1.71. The Balaban J connectivity index is 2.00. The predicted molar refractivity (Wildman–Crippen MR) is 75.3 cm³/mol. The molecule has 0 spiro atoms. The van der Waals surface area contributed by atoms with Crippen LogP contribution in [-0.4, -0.2) is 38.0 Å². The standard InChI is InChI=1S/C13H15N3O4S/c1-20-13(17)10-2-4-11(5-3-10)21(18,19)16-7-6-12-14-8-9-15-12/h2-5,8-9,16H,6-7H2,1H3,(H,14,15). The molecule has 8 heteroatoms. The van der Waals surface area contributed by atoms with Gasteiger partial charge in [-0.15, -0.1) is 0 Å². The first-order valence-electron chi connectivity index (χ1n) is 6.19. The number of carbonyl (C=O) groups is 1. The zero-order valence-electron chi connectivity index (χ0n) is 11.4. The first kappa shape index (κ1) is 15.2. The Morgan fingerprint density at radius 3 is 2.62 bits per heavy atom. The molecule has 0 amide bonds. The van der Waals surface area contributed by atoms with Crippen molar-refractivity contribution in [1.82, 2.24) is 14.7 Å². The van der Waals surface area contributed by atoms with Gasteiger partial charge in [0.05, 0.1) is 17.6 Å². The van der Waals surface area contributed by atoms with Crippen LogP contribution in [0.5, 0.6) is 0 Å². The van der Waals surface area contributed by atoms with E-state index in [1.807, 2.05) is 0 Å². The minimum Gasteiger partial charge on any atom is -0.465 e. The van der Waals surface area contributed by atoms with Gasteiger partial charge in [0.2, 0.25) is 10.0 Å². The van der Waals surface area contributed by atoms with Gasteiger partial charge in [-0.25, -0.2) is 22.9 Å². The van der Waals surface area contributed by atoms with Crippen LogP contribution in [0, 0.1) is 0 Å². The minimum absolute atomic E-state index is 0.0922. The number of H-pyrrole nitrogens is 1. The molecule has 0 saturated heterocycles. The second-order valence-corrected chi connectivity index (χ2v) is 5.97. The van der Waals surface area contributed by atoms with Crippen LogP contribution in [0.15, 0.2) is 41.6 Å². The number of methoxy groups -OCH3 is 1. The number of aromatic amines is 1. The molecule has 0 unspecified atom stereocenters. The van der Waals surface area contributed by atoms with Crippen LogP contribution in [0.1, 0.15) is 16.2 Å². The highest BCUT2D eigenvalue weighted by molar-refractivity contribution is 7.89. The molecule has 0 fully saturated rings. The summed E-state index contributed by atoms with van der Waals surface area (Å²) in [5, 5.41) is 0. The van der Waals surface area contributed by atoms with Gasteiger partial charge < -0.3 is 9.72 Å². The Labute approximate surface area is 122 Å². The van der Waals surface area contributed by atoms with Crippen molar-refractivity contribution in [3.63, 3.8) is 0 Å². The summed E-state index contributed by atoms with van der Waals surface area (Å²) in [7, 11) is -2.34. The summed E-state index contributed by atoms with van der Waals surface area (Å²) in [4.78, 5) is 18.3. The Hall–Kier alpha value is -2.19. The van der Waals surface area contributed by atoms with E-state index in [0.29, 0.717) is 17.8 Å². The zero-order valence-corrected chi connectivity index (χ0v) is 12.2. The van der Waals surface area contributed by atoms with Crippen molar-refractivity contribution in [3.8, 4) is 0 Å². The van der Waals surface area contributed by atoms with Gasteiger partial charge in [0.25, 0.3) is 0 Å². The normalized spacial score (nSPS) is 11.3. The molecule has 1 aromatic heterocycles. The molecule has 1 aromatic carbocycles. The number of esters is 1. The highest BCUT2D eigenvalue weighted by atomic mass is 32.2. The average molecular weight is 309 g/mol. The van der Waals surface area contributed by atoms with Gasteiger partial charge in [-0.2, -0.15) is 0 Å². The molecule has 7 nitrogen and oxygen atoms in total. The first-order chi connectivity index (χ1) is 10.0. The molecule has 1 heterocycles. The van der Waals surface area contributed by atoms with E-state index in [1.54, 1.807) is 12.4 Å². The van der Waals surface area contributed by atoms with Crippen molar-refractivity contribution in [2.45, 2.75) is 11.3 Å². The van der Waals surface area contributed by atoms with Crippen molar-refractivity contribution in [1.29, 1.82) is 0 Å². The van der Waals surface area contributed by atoms with Gasteiger partial charge in [0.1, 0.15) is 5.82 Å². The number of aromatic nitrogens is 2. The molecule has 0 atom stereocenters. The van der Waals surface area contributed by atoms with E-state index in [2.05, 4.69) is 19.4 Å². The fourth-order valence-corrected chi connectivity index (χ4v) is 2.74. The predicted octanol–water partition coefficient (Wildman–Crippen LogP) is 0.717. The Bertz CT molecular complexity index is 694. The summed E-state index contributed by atoms with van der Waals surface area (Å²) >= 11 is 0. The molecule has 112 valence electrons. The van der Waals surface area contributed by atoms with Gasteiger partial charge in [0, 0.05) is 25.4 Å². The van der Waals surface area contributed by atoms with E-state index in [-0.39, 0.29) is 11.4 Å². The lowest BCUT2D eigenvalue weighted by molar-refractivity contribution is 0.0600. The monoisotopic (exact) mass is 309 g/mol. The van der Waals surface area contributed by atoms with Gasteiger partial charge in [0.15, 0.2) is 0 Å². The highest BCUT2D eigenvalue weighted by Gasteiger charge is 2.14. The summed E-state index contributed by atoms with van der Waals surface area (Å²) in [5.74, 6) is 0.198. The summed E-state index contributed by atoms with van der Waals surface area (Å²) in [6.07, 6.45) is 3.75. The molecule has 2 aromatic rings. The lowest BCUT2D eigenvalue weighted by Gasteiger charge is -2.06. The Morgan fingerprint density at radius 2 is 2.05 bits per heavy atom. The minimum atomic E-state index is -3.61. The Morgan fingerprint density at radius 1 is 1.33 bits per heavy atom. The second kappa shape index (κ2) is 6.51. The third kappa shape index (κ3) is 3.89. The van der Waals surface area contributed by atoms with Crippen LogP contribution in [0.2, 0.25) is 0 Å². The maximum absolute atomic E-state index is 12.1. The topological polar surface area (TPSA) is 101 Å². The van der Waals surface area contributed by atoms with E-state index in [9.17, 15) is 13.2 Å². The smallest absolute Gasteiger partial charge is 0.337 e. The molecule has 21 heavy (non-hydrogen) atoms. The van der Waals surface area contributed by atoms with Gasteiger partial charge >= 0.3 is 5.97 Å². The average Bonchev–Trinajstić information content (AvgIpc) is 2.99. The molecule has 0 aliphatic heterocycles. The number of carbonyl (C=O) groups excluding carboxylic acids is 1. The lowest BCUT2D eigenvalue weighted by Crippen LogP contribution is -2.26. The lowest BCUT2D eigenvalue weighted by atomic mass is 10.2. The molecule has 2 N–H and O–H groups in total. The molecular weight excluding hydrogens is 294 g/mol. The number of hydrogen-bond donors (Lipinski definition) is 2. The number of ether oxygens (including phenoxy) is 1. The highest BCUT2D eigenvalue weighted by Crippen LogP contribution is 2.11. The summed E-state index contributed by atoms with van der Waals surface area (Å²) in [6, 6.07) is 5.54. The number of nitrogens with one attached hydrogen (secondary N) is 2. The van der Waals surface area contributed by atoms with E-state index in [1.165, 1.54) is 31.4 Å². The molecule has 0 aliphatic carbocycles. The van der Waals surface area contributed by atoms with E-state index in [4.69, 9.17) is 0 Å². The van der Waals surface area contributed by atoms with E-state index in [0.717, 1.165) is 0 Å². The van der Waals surface area contributed by atoms with Gasteiger partial charge in [-0.05, 0) is 24.3 Å². The molecular formula is C13H15N3O4S. The van der Waals surface area contributed by atoms with Crippen LogP contribution in [-0.2, 0) is 21.2 Å². The number of rotatable bonds is 6. The van der Waals surface area contributed by atoms with Crippen LogP contribution in [0.3, 0.4) is 0 Å². The molecule has 0 saturated carbocycles. The van der Waals surface area contributed by atoms with Crippen molar-refractivity contribution in [2.75, 3.05) is 13.7 Å². The number of imidazole rings is 1. The van der Waals surface area contributed by atoms with Gasteiger partial charge in [-0.1, -0.05) is 0 Å². The van der Waals surface area contributed by atoms with E-state index < -0.39 is 16.0 Å². The summed E-state index contributed by atoms with van der Waals surface area (Å²) < 4.78 is 31.1.